The second-order valence-corrected chi connectivity index (χ2v) is 3.98. The highest BCUT2D eigenvalue weighted by Gasteiger charge is 2.23. The van der Waals surface area contributed by atoms with E-state index in [0.29, 0.717) is 5.69 Å². The van der Waals surface area contributed by atoms with Crippen LogP contribution in [0.3, 0.4) is 0 Å². The van der Waals surface area contributed by atoms with Crippen LogP contribution in [0.5, 0.6) is 0 Å². The second kappa shape index (κ2) is 4.02. The Morgan fingerprint density at radius 3 is 2.33 bits per heavy atom. The predicted molar refractivity (Wildman–Crippen MR) is 58.7 cm³/mol. The molecule has 5 heteroatoms. The fourth-order valence-electron chi connectivity index (χ4n) is 1.84. The molecule has 1 aromatic heterocycles. The minimum Gasteiger partial charge on any atom is -0.396 e. The van der Waals surface area contributed by atoms with Crippen molar-refractivity contribution in [1.29, 1.82) is 0 Å². The van der Waals surface area contributed by atoms with Crippen LogP contribution in [0.2, 0.25) is 0 Å². The van der Waals surface area contributed by atoms with Crippen molar-refractivity contribution in [2.24, 2.45) is 0 Å². The van der Waals surface area contributed by atoms with E-state index in [9.17, 15) is 0 Å². The molecule has 2 rings (SSSR count). The third-order valence-electron chi connectivity index (χ3n) is 2.36. The first-order valence-electron chi connectivity index (χ1n) is 5.13. The summed E-state index contributed by atoms with van der Waals surface area (Å²) in [6.45, 7) is 5.77. The molecule has 1 aromatic rings. The Morgan fingerprint density at radius 2 is 1.80 bits per heavy atom. The largest absolute Gasteiger partial charge is 0.396 e. The number of aromatic nitrogens is 2. The third kappa shape index (κ3) is 2.36. The number of nitrogen functional groups attached to an aromatic ring is 1. The van der Waals surface area contributed by atoms with Crippen LogP contribution in [0.15, 0.2) is 12.4 Å². The SMILES string of the molecule is C[C@@H]1CN(c2ncc(N)cn2)C[C@H](C)O1. The number of anilines is 2. The number of hydrogen-bond acceptors (Lipinski definition) is 5. The summed E-state index contributed by atoms with van der Waals surface area (Å²) in [6, 6.07) is 0. The van der Waals surface area contributed by atoms with Gasteiger partial charge in [0.1, 0.15) is 0 Å². The van der Waals surface area contributed by atoms with Gasteiger partial charge in [0.25, 0.3) is 0 Å². The smallest absolute Gasteiger partial charge is 0.225 e. The van der Waals surface area contributed by atoms with Gasteiger partial charge in [-0.25, -0.2) is 9.97 Å². The minimum absolute atomic E-state index is 0.218. The molecule has 15 heavy (non-hydrogen) atoms. The summed E-state index contributed by atoms with van der Waals surface area (Å²) in [5, 5.41) is 0. The zero-order chi connectivity index (χ0) is 10.8. The molecule has 0 amide bonds. The van der Waals surface area contributed by atoms with E-state index in [-0.39, 0.29) is 12.2 Å². The van der Waals surface area contributed by atoms with Crippen LogP contribution in [-0.2, 0) is 4.74 Å². The van der Waals surface area contributed by atoms with Gasteiger partial charge < -0.3 is 15.4 Å². The first-order valence-corrected chi connectivity index (χ1v) is 5.13. The van der Waals surface area contributed by atoms with E-state index in [2.05, 4.69) is 28.7 Å². The summed E-state index contributed by atoms with van der Waals surface area (Å²) in [5.41, 5.74) is 6.13. The molecule has 0 radical (unpaired) electrons. The van der Waals surface area contributed by atoms with E-state index in [4.69, 9.17) is 10.5 Å². The van der Waals surface area contributed by atoms with E-state index in [1.165, 1.54) is 0 Å². The summed E-state index contributed by atoms with van der Waals surface area (Å²) >= 11 is 0. The molecule has 1 saturated heterocycles. The molecule has 2 N–H and O–H groups in total. The molecule has 2 heterocycles. The monoisotopic (exact) mass is 208 g/mol. The van der Waals surface area contributed by atoms with E-state index in [1.54, 1.807) is 12.4 Å². The van der Waals surface area contributed by atoms with Crippen molar-refractivity contribution < 1.29 is 4.74 Å². The number of ether oxygens (including phenoxy) is 1. The Kier molecular flexibility index (Phi) is 2.73. The summed E-state index contributed by atoms with van der Waals surface area (Å²) in [6.07, 6.45) is 3.70. The Bertz CT molecular complexity index is 317. The molecule has 0 unspecified atom stereocenters. The van der Waals surface area contributed by atoms with Crippen molar-refractivity contribution >= 4 is 11.6 Å². The second-order valence-electron chi connectivity index (χ2n) is 3.98. The van der Waals surface area contributed by atoms with Crippen molar-refractivity contribution in [3.63, 3.8) is 0 Å². The number of nitrogens with zero attached hydrogens (tertiary/aromatic N) is 3. The normalized spacial score (nSPS) is 26.7. The Balaban J connectivity index is 2.12. The highest BCUT2D eigenvalue weighted by atomic mass is 16.5. The molecule has 82 valence electrons. The van der Waals surface area contributed by atoms with E-state index in [0.717, 1.165) is 19.0 Å². The lowest BCUT2D eigenvalue weighted by Gasteiger charge is -2.35. The van der Waals surface area contributed by atoms with Crippen LogP contribution in [0.25, 0.3) is 0 Å². The molecule has 0 saturated carbocycles. The molecule has 0 aromatic carbocycles. The Hall–Kier alpha value is -1.36. The van der Waals surface area contributed by atoms with Crippen LogP contribution in [0, 0.1) is 0 Å². The van der Waals surface area contributed by atoms with Gasteiger partial charge in [-0.15, -0.1) is 0 Å². The number of morpholine rings is 1. The van der Waals surface area contributed by atoms with Gasteiger partial charge >= 0.3 is 0 Å². The molecular formula is C10H16N4O. The van der Waals surface area contributed by atoms with Crippen LogP contribution in [0.1, 0.15) is 13.8 Å². The average molecular weight is 208 g/mol. The molecule has 1 aliphatic heterocycles. The maximum atomic E-state index is 5.64. The molecular weight excluding hydrogens is 192 g/mol. The minimum atomic E-state index is 0.218. The lowest BCUT2D eigenvalue weighted by molar-refractivity contribution is -0.00571. The van der Waals surface area contributed by atoms with Crippen molar-refractivity contribution in [3.8, 4) is 0 Å². The van der Waals surface area contributed by atoms with E-state index >= 15 is 0 Å². The molecule has 2 atom stereocenters. The predicted octanol–water partition coefficient (Wildman–Crippen LogP) is 0.672. The zero-order valence-electron chi connectivity index (χ0n) is 9.05. The standard InChI is InChI=1S/C10H16N4O/c1-7-5-14(6-8(2)15-7)10-12-3-9(11)4-13-10/h3-4,7-8H,5-6,11H2,1-2H3/t7-,8+. The lowest BCUT2D eigenvalue weighted by atomic mass is 10.2. The van der Waals surface area contributed by atoms with Crippen LogP contribution in [-0.4, -0.2) is 35.3 Å². The van der Waals surface area contributed by atoms with Gasteiger partial charge in [0.15, 0.2) is 0 Å². The molecule has 0 bridgehead atoms. The zero-order valence-corrected chi connectivity index (χ0v) is 9.05. The maximum absolute atomic E-state index is 5.64. The van der Waals surface area contributed by atoms with Crippen LogP contribution < -0.4 is 10.6 Å². The van der Waals surface area contributed by atoms with Gasteiger partial charge in [0.05, 0.1) is 30.3 Å². The summed E-state index contributed by atoms with van der Waals surface area (Å²) < 4.78 is 5.64. The summed E-state index contributed by atoms with van der Waals surface area (Å²) in [5.74, 6) is 0.728. The van der Waals surface area contributed by atoms with Gasteiger partial charge in [0, 0.05) is 13.1 Å². The molecule has 0 aliphatic carbocycles. The third-order valence-corrected chi connectivity index (χ3v) is 2.36. The Labute approximate surface area is 89.3 Å². The molecule has 5 nitrogen and oxygen atoms in total. The number of hydrogen-bond donors (Lipinski definition) is 1. The van der Waals surface area contributed by atoms with Gasteiger partial charge in [-0.05, 0) is 13.8 Å². The van der Waals surface area contributed by atoms with Crippen molar-refractivity contribution in [2.75, 3.05) is 23.7 Å². The molecule has 1 aliphatic rings. The van der Waals surface area contributed by atoms with Crippen LogP contribution >= 0.6 is 0 Å². The van der Waals surface area contributed by atoms with Gasteiger partial charge in [-0.2, -0.15) is 0 Å². The van der Waals surface area contributed by atoms with Gasteiger partial charge in [0.2, 0.25) is 5.95 Å². The molecule has 1 fully saturated rings. The quantitative estimate of drug-likeness (QED) is 0.735. The van der Waals surface area contributed by atoms with Crippen LogP contribution in [0.4, 0.5) is 11.6 Å². The van der Waals surface area contributed by atoms with Gasteiger partial charge in [-0.1, -0.05) is 0 Å². The van der Waals surface area contributed by atoms with E-state index < -0.39 is 0 Å². The van der Waals surface area contributed by atoms with Crippen molar-refractivity contribution in [1.82, 2.24) is 9.97 Å². The number of rotatable bonds is 1. The fraction of sp³-hybridized carbons (Fsp3) is 0.600. The van der Waals surface area contributed by atoms with Gasteiger partial charge in [-0.3, -0.25) is 0 Å². The Morgan fingerprint density at radius 1 is 1.27 bits per heavy atom. The van der Waals surface area contributed by atoms with Crippen molar-refractivity contribution in [3.05, 3.63) is 12.4 Å². The lowest BCUT2D eigenvalue weighted by Crippen LogP contribution is -2.46. The maximum Gasteiger partial charge on any atom is 0.225 e. The highest BCUT2D eigenvalue weighted by molar-refractivity contribution is 5.38. The average Bonchev–Trinajstić information content (AvgIpc) is 2.17. The summed E-state index contributed by atoms with van der Waals surface area (Å²) in [7, 11) is 0. The highest BCUT2D eigenvalue weighted by Crippen LogP contribution is 2.16. The first kappa shape index (κ1) is 10.2. The topological polar surface area (TPSA) is 64.3 Å². The molecule has 0 spiro atoms. The fourth-order valence-corrected chi connectivity index (χ4v) is 1.84. The summed E-state index contributed by atoms with van der Waals surface area (Å²) in [4.78, 5) is 10.5. The van der Waals surface area contributed by atoms with E-state index in [1.807, 2.05) is 0 Å². The van der Waals surface area contributed by atoms with Crippen molar-refractivity contribution in [2.45, 2.75) is 26.1 Å². The number of nitrogens with two attached hydrogens (primary N) is 1. The first-order chi connectivity index (χ1) is 7.15.